The van der Waals surface area contributed by atoms with E-state index in [1.807, 2.05) is 0 Å². The molecule has 0 saturated carbocycles. The van der Waals surface area contributed by atoms with Gasteiger partial charge in [-0.15, -0.1) is 0 Å². The Labute approximate surface area is 118 Å². The first kappa shape index (κ1) is 15.0. The predicted octanol–water partition coefficient (Wildman–Crippen LogP) is 2.20. The van der Waals surface area contributed by atoms with Crippen molar-refractivity contribution in [2.24, 2.45) is 0 Å². The van der Waals surface area contributed by atoms with Crippen molar-refractivity contribution in [3.05, 3.63) is 47.5 Å². The molecule has 0 unspecified atom stereocenters. The molecule has 0 saturated heterocycles. The summed E-state index contributed by atoms with van der Waals surface area (Å²) < 4.78 is 46.3. The first-order valence-electron chi connectivity index (χ1n) is 5.99. The van der Waals surface area contributed by atoms with E-state index in [4.69, 9.17) is 4.74 Å². The van der Waals surface area contributed by atoms with Crippen molar-refractivity contribution in [2.45, 2.75) is 6.54 Å². The van der Waals surface area contributed by atoms with E-state index in [1.165, 1.54) is 24.2 Å². The minimum atomic E-state index is -1.53. The Balaban J connectivity index is 2.15. The van der Waals surface area contributed by atoms with Crippen molar-refractivity contribution in [1.29, 1.82) is 0 Å². The summed E-state index contributed by atoms with van der Waals surface area (Å²) in [5.41, 5.74) is -0.737. The van der Waals surface area contributed by atoms with Crippen LogP contribution in [0.4, 0.5) is 18.9 Å². The van der Waals surface area contributed by atoms with Gasteiger partial charge in [-0.25, -0.2) is 13.2 Å². The van der Waals surface area contributed by atoms with Crippen LogP contribution in [0.1, 0.15) is 10.4 Å². The average molecular weight is 299 g/mol. The molecule has 21 heavy (non-hydrogen) atoms. The third-order valence-electron chi connectivity index (χ3n) is 2.69. The van der Waals surface area contributed by atoms with Gasteiger partial charge in [-0.3, -0.25) is 9.48 Å². The Bertz CT molecular complexity index is 658. The SMILES string of the molecule is COCCn1cc(NC(=O)c2c(F)ccc(F)c2F)cn1. The Morgan fingerprint density at radius 2 is 2.05 bits per heavy atom. The average Bonchev–Trinajstić information content (AvgIpc) is 2.88. The molecule has 0 aliphatic heterocycles. The summed E-state index contributed by atoms with van der Waals surface area (Å²) in [6.45, 7) is 0.872. The molecule has 2 rings (SSSR count). The number of nitrogens with one attached hydrogen (secondary N) is 1. The van der Waals surface area contributed by atoms with Crippen LogP contribution >= 0.6 is 0 Å². The van der Waals surface area contributed by atoms with Gasteiger partial charge in [-0.2, -0.15) is 5.10 Å². The van der Waals surface area contributed by atoms with Gasteiger partial charge in [0.2, 0.25) is 0 Å². The predicted molar refractivity (Wildman–Crippen MR) is 68.4 cm³/mol. The highest BCUT2D eigenvalue weighted by molar-refractivity contribution is 6.04. The second-order valence-electron chi connectivity index (χ2n) is 4.16. The standard InChI is InChI=1S/C13H12F3N3O2/c1-21-5-4-19-7-8(6-17-19)18-13(20)11-9(14)2-3-10(15)12(11)16/h2-3,6-7H,4-5H2,1H3,(H,18,20). The van der Waals surface area contributed by atoms with Crippen LogP contribution in [0.2, 0.25) is 0 Å². The number of nitrogens with zero attached hydrogens (tertiary/aromatic N) is 2. The van der Waals surface area contributed by atoms with E-state index in [0.29, 0.717) is 25.3 Å². The van der Waals surface area contributed by atoms with Crippen LogP contribution < -0.4 is 5.32 Å². The van der Waals surface area contributed by atoms with Crippen LogP contribution in [0, 0.1) is 17.5 Å². The molecule has 0 atom stereocenters. The minimum absolute atomic E-state index is 0.235. The van der Waals surface area contributed by atoms with E-state index in [1.54, 1.807) is 0 Å². The zero-order chi connectivity index (χ0) is 15.4. The molecule has 8 heteroatoms. The van der Waals surface area contributed by atoms with Crippen LogP contribution in [-0.2, 0) is 11.3 Å². The molecule has 0 bridgehead atoms. The molecule has 112 valence electrons. The first-order valence-corrected chi connectivity index (χ1v) is 5.99. The molecule has 2 aromatic rings. The van der Waals surface area contributed by atoms with E-state index in [0.717, 1.165) is 0 Å². The summed E-state index contributed by atoms with van der Waals surface area (Å²) in [7, 11) is 1.53. The number of hydrogen-bond acceptors (Lipinski definition) is 3. The maximum Gasteiger partial charge on any atom is 0.261 e. The lowest BCUT2D eigenvalue weighted by atomic mass is 10.1. The molecule has 1 N–H and O–H groups in total. The summed E-state index contributed by atoms with van der Waals surface area (Å²) in [6, 6.07) is 1.31. The summed E-state index contributed by atoms with van der Waals surface area (Å²) in [6.07, 6.45) is 2.77. The van der Waals surface area contributed by atoms with Crippen molar-refractivity contribution >= 4 is 11.6 Å². The number of halogens is 3. The fraction of sp³-hybridized carbons (Fsp3) is 0.231. The molecule has 0 fully saturated rings. The van der Waals surface area contributed by atoms with Gasteiger partial charge in [0.15, 0.2) is 11.6 Å². The molecule has 1 heterocycles. The Morgan fingerprint density at radius 3 is 2.76 bits per heavy atom. The highest BCUT2D eigenvalue weighted by Gasteiger charge is 2.21. The molecule has 1 amide bonds. The number of ether oxygens (including phenoxy) is 1. The highest BCUT2D eigenvalue weighted by Crippen LogP contribution is 2.17. The van der Waals surface area contributed by atoms with Crippen LogP contribution in [0.5, 0.6) is 0 Å². The summed E-state index contributed by atoms with van der Waals surface area (Å²) in [5, 5.41) is 6.18. The van der Waals surface area contributed by atoms with E-state index >= 15 is 0 Å². The number of amides is 1. The highest BCUT2D eigenvalue weighted by atomic mass is 19.2. The zero-order valence-electron chi connectivity index (χ0n) is 11.1. The van der Waals surface area contributed by atoms with Gasteiger partial charge in [0.25, 0.3) is 5.91 Å². The summed E-state index contributed by atoms with van der Waals surface area (Å²) >= 11 is 0. The van der Waals surface area contributed by atoms with Crippen molar-refractivity contribution < 1.29 is 22.7 Å². The molecule has 0 radical (unpaired) electrons. The number of carbonyl (C=O) groups excluding carboxylic acids is 1. The van der Waals surface area contributed by atoms with Gasteiger partial charge in [-0.05, 0) is 12.1 Å². The number of anilines is 1. The number of methoxy groups -OCH3 is 1. The third-order valence-corrected chi connectivity index (χ3v) is 2.69. The van der Waals surface area contributed by atoms with Crippen LogP contribution in [0.25, 0.3) is 0 Å². The fourth-order valence-electron chi connectivity index (χ4n) is 1.66. The van der Waals surface area contributed by atoms with Gasteiger partial charge in [0.05, 0.1) is 25.0 Å². The molecular weight excluding hydrogens is 287 g/mol. The van der Waals surface area contributed by atoms with Gasteiger partial charge in [-0.1, -0.05) is 0 Å². The number of rotatable bonds is 5. The monoisotopic (exact) mass is 299 g/mol. The number of benzene rings is 1. The topological polar surface area (TPSA) is 56.1 Å². The normalized spacial score (nSPS) is 10.7. The van der Waals surface area contributed by atoms with Gasteiger partial charge in [0, 0.05) is 13.3 Å². The van der Waals surface area contributed by atoms with Crippen molar-refractivity contribution in [3.63, 3.8) is 0 Å². The second kappa shape index (κ2) is 6.40. The summed E-state index contributed by atoms with van der Waals surface area (Å²) in [4.78, 5) is 11.8. The molecule has 1 aromatic carbocycles. The molecule has 0 aliphatic rings. The molecule has 5 nitrogen and oxygen atoms in total. The van der Waals surface area contributed by atoms with Gasteiger partial charge < -0.3 is 10.1 Å². The number of carbonyl (C=O) groups is 1. The largest absolute Gasteiger partial charge is 0.383 e. The maximum atomic E-state index is 13.5. The summed E-state index contributed by atoms with van der Waals surface area (Å²) in [5.74, 6) is -5.05. The zero-order valence-corrected chi connectivity index (χ0v) is 11.1. The van der Waals surface area contributed by atoms with Crippen molar-refractivity contribution in [1.82, 2.24) is 9.78 Å². The lowest BCUT2D eigenvalue weighted by Crippen LogP contribution is -2.16. The van der Waals surface area contributed by atoms with Crippen molar-refractivity contribution in [3.8, 4) is 0 Å². The van der Waals surface area contributed by atoms with Gasteiger partial charge in [0.1, 0.15) is 11.4 Å². The van der Waals surface area contributed by atoms with E-state index in [-0.39, 0.29) is 5.69 Å². The Morgan fingerprint density at radius 1 is 1.33 bits per heavy atom. The Hall–Kier alpha value is -2.35. The van der Waals surface area contributed by atoms with Crippen molar-refractivity contribution in [2.75, 3.05) is 19.0 Å². The van der Waals surface area contributed by atoms with E-state index < -0.39 is 28.9 Å². The lowest BCUT2D eigenvalue weighted by molar-refractivity contribution is 0.101. The molecular formula is C13H12F3N3O2. The van der Waals surface area contributed by atoms with E-state index in [9.17, 15) is 18.0 Å². The maximum absolute atomic E-state index is 13.5. The van der Waals surface area contributed by atoms with Crippen LogP contribution in [0.3, 0.4) is 0 Å². The van der Waals surface area contributed by atoms with Crippen LogP contribution in [-0.4, -0.2) is 29.4 Å². The molecule has 1 aromatic heterocycles. The van der Waals surface area contributed by atoms with Gasteiger partial charge >= 0.3 is 0 Å². The number of hydrogen-bond donors (Lipinski definition) is 1. The van der Waals surface area contributed by atoms with Crippen LogP contribution in [0.15, 0.2) is 24.5 Å². The fourth-order valence-corrected chi connectivity index (χ4v) is 1.66. The minimum Gasteiger partial charge on any atom is -0.383 e. The quantitative estimate of drug-likeness (QED) is 0.861. The van der Waals surface area contributed by atoms with E-state index in [2.05, 4.69) is 10.4 Å². The third kappa shape index (κ3) is 3.40. The molecule has 0 aliphatic carbocycles. The first-order chi connectivity index (χ1) is 10.0. The second-order valence-corrected chi connectivity index (χ2v) is 4.16. The number of aromatic nitrogens is 2. The molecule has 0 spiro atoms. The lowest BCUT2D eigenvalue weighted by Gasteiger charge is -2.05. The Kier molecular flexibility index (Phi) is 4.59. The smallest absolute Gasteiger partial charge is 0.261 e.